The lowest BCUT2D eigenvalue weighted by Crippen LogP contribution is -2.31. The average Bonchev–Trinajstić information content (AvgIpc) is 3.04. The quantitative estimate of drug-likeness (QED) is 0.738. The van der Waals surface area contributed by atoms with Crippen LogP contribution in [0.2, 0.25) is 0 Å². The van der Waals surface area contributed by atoms with Crippen LogP contribution in [-0.4, -0.2) is 23.9 Å². The third-order valence-corrected chi connectivity index (χ3v) is 3.76. The molecule has 0 saturated carbocycles. The smallest absolute Gasteiger partial charge is 0.211 e. The van der Waals surface area contributed by atoms with Gasteiger partial charge in [-0.3, -0.25) is 9.59 Å². The molecule has 0 bridgehead atoms. The highest BCUT2D eigenvalue weighted by Gasteiger charge is 2.40. The van der Waals surface area contributed by atoms with Crippen LogP contribution in [0.3, 0.4) is 0 Å². The van der Waals surface area contributed by atoms with E-state index >= 15 is 0 Å². The second kappa shape index (κ2) is 4.12. The van der Waals surface area contributed by atoms with E-state index in [1.165, 1.54) is 24.3 Å². The number of Topliss-reactive ketones (excluding diaryl/α,β-unsaturated/α-hetero) is 1. The number of fused-ring (bicyclic) bond motifs is 2. The van der Waals surface area contributed by atoms with E-state index < -0.39 is 11.9 Å². The summed E-state index contributed by atoms with van der Waals surface area (Å²) in [6.07, 6.45) is 4.08. The van der Waals surface area contributed by atoms with Gasteiger partial charge < -0.3 is 10.2 Å². The van der Waals surface area contributed by atoms with Crippen molar-refractivity contribution in [2.45, 2.75) is 6.10 Å². The van der Waals surface area contributed by atoms with Crippen LogP contribution >= 0.6 is 0 Å². The van der Waals surface area contributed by atoms with E-state index in [0.29, 0.717) is 11.3 Å². The molecule has 21 heavy (non-hydrogen) atoms. The second-order valence-electron chi connectivity index (χ2n) is 5.01. The summed E-state index contributed by atoms with van der Waals surface area (Å²) in [5, 5.41) is 6.55. The Bertz CT molecular complexity index is 779. The van der Waals surface area contributed by atoms with Gasteiger partial charge in [-0.1, -0.05) is 11.2 Å². The van der Waals surface area contributed by atoms with E-state index in [0.717, 1.165) is 0 Å². The molecule has 2 heterocycles. The summed E-state index contributed by atoms with van der Waals surface area (Å²) < 4.78 is 13.3. The number of oxime groups is 1. The summed E-state index contributed by atoms with van der Waals surface area (Å²) >= 11 is 0. The zero-order valence-electron chi connectivity index (χ0n) is 10.7. The van der Waals surface area contributed by atoms with E-state index in [1.54, 1.807) is 12.3 Å². The topological polar surface area (TPSA) is 67.8 Å². The maximum Gasteiger partial charge on any atom is 0.211 e. The minimum atomic E-state index is -0.604. The van der Waals surface area contributed by atoms with Crippen LogP contribution in [0.25, 0.3) is 0 Å². The molecule has 0 radical (unpaired) electrons. The van der Waals surface area contributed by atoms with Crippen molar-refractivity contribution in [2.75, 3.05) is 5.32 Å². The van der Waals surface area contributed by atoms with Crippen LogP contribution in [0.15, 0.2) is 46.8 Å². The van der Waals surface area contributed by atoms with Gasteiger partial charge in [-0.05, 0) is 24.3 Å². The van der Waals surface area contributed by atoms with Gasteiger partial charge in [-0.2, -0.15) is 0 Å². The summed E-state index contributed by atoms with van der Waals surface area (Å²) in [6, 6.07) is 3.85. The number of halogens is 1. The molecular formula is C15H9FN2O3. The first-order valence-electron chi connectivity index (χ1n) is 6.42. The van der Waals surface area contributed by atoms with Gasteiger partial charge in [-0.25, -0.2) is 4.39 Å². The largest absolute Gasteiger partial charge is 0.387 e. The first-order chi connectivity index (χ1) is 10.1. The number of allylic oxidation sites excluding steroid dienone is 2. The Morgan fingerprint density at radius 1 is 1.29 bits per heavy atom. The predicted molar refractivity (Wildman–Crippen MR) is 72.4 cm³/mol. The average molecular weight is 284 g/mol. The molecule has 0 saturated heterocycles. The Kier molecular flexibility index (Phi) is 2.35. The monoisotopic (exact) mass is 284 g/mol. The lowest BCUT2D eigenvalue weighted by molar-refractivity contribution is -0.113. The Hall–Kier alpha value is -2.76. The molecule has 5 nitrogen and oxygen atoms in total. The van der Waals surface area contributed by atoms with Crippen LogP contribution in [0.1, 0.15) is 10.4 Å². The van der Waals surface area contributed by atoms with Crippen LogP contribution in [-0.2, 0) is 9.63 Å². The minimum Gasteiger partial charge on any atom is -0.387 e. The summed E-state index contributed by atoms with van der Waals surface area (Å²) in [6.45, 7) is 0. The van der Waals surface area contributed by atoms with E-state index in [1.807, 2.05) is 0 Å². The molecule has 0 amide bonds. The summed E-state index contributed by atoms with van der Waals surface area (Å²) in [5.74, 6) is -1.25. The van der Waals surface area contributed by atoms with Gasteiger partial charge in [0.25, 0.3) is 0 Å². The lowest BCUT2D eigenvalue weighted by Gasteiger charge is -2.21. The fraction of sp³-hybridized carbons (Fsp3) is 0.133. The Morgan fingerprint density at radius 2 is 2.14 bits per heavy atom. The first kappa shape index (κ1) is 12.0. The summed E-state index contributed by atoms with van der Waals surface area (Å²) in [7, 11) is 0. The van der Waals surface area contributed by atoms with Crippen molar-refractivity contribution in [3.05, 3.63) is 53.0 Å². The van der Waals surface area contributed by atoms with Crippen molar-refractivity contribution in [1.29, 1.82) is 0 Å². The van der Waals surface area contributed by atoms with Crippen molar-refractivity contribution in [1.82, 2.24) is 0 Å². The number of anilines is 1. The highest BCUT2D eigenvalue weighted by atomic mass is 19.1. The molecule has 1 N–H and O–H groups in total. The normalized spacial score (nSPS) is 29.2. The Morgan fingerprint density at radius 3 is 3.00 bits per heavy atom. The van der Waals surface area contributed by atoms with Crippen molar-refractivity contribution >= 4 is 23.5 Å². The van der Waals surface area contributed by atoms with Gasteiger partial charge in [0.05, 0.1) is 29.1 Å². The molecule has 2 unspecified atom stereocenters. The van der Waals surface area contributed by atoms with Crippen LogP contribution in [0.4, 0.5) is 10.1 Å². The number of nitrogens with one attached hydrogen (secondary N) is 1. The molecule has 0 spiro atoms. The number of hydrogen-bond donors (Lipinski definition) is 1. The Balaban J connectivity index is 1.85. The molecular weight excluding hydrogens is 275 g/mol. The van der Waals surface area contributed by atoms with E-state index in [4.69, 9.17) is 4.84 Å². The van der Waals surface area contributed by atoms with Gasteiger partial charge in [0.2, 0.25) is 5.78 Å². The molecule has 1 aromatic carbocycles. The molecule has 4 rings (SSSR count). The number of hydrogen-bond acceptors (Lipinski definition) is 5. The zero-order valence-corrected chi connectivity index (χ0v) is 10.7. The minimum absolute atomic E-state index is 0.144. The van der Waals surface area contributed by atoms with E-state index in [-0.39, 0.29) is 28.8 Å². The van der Waals surface area contributed by atoms with Crippen LogP contribution in [0, 0.1) is 11.7 Å². The van der Waals surface area contributed by atoms with E-state index in [2.05, 4.69) is 10.5 Å². The first-order valence-corrected chi connectivity index (χ1v) is 6.42. The second-order valence-corrected chi connectivity index (χ2v) is 5.01. The van der Waals surface area contributed by atoms with Crippen molar-refractivity contribution < 1.29 is 18.8 Å². The van der Waals surface area contributed by atoms with Gasteiger partial charge in [0, 0.05) is 5.56 Å². The summed E-state index contributed by atoms with van der Waals surface area (Å²) in [5.41, 5.74) is 1.09. The maximum atomic E-state index is 13.3. The predicted octanol–water partition coefficient (Wildman–Crippen LogP) is 1.83. The number of carbonyl (C=O) groups is 2. The van der Waals surface area contributed by atoms with E-state index in [9.17, 15) is 14.0 Å². The third kappa shape index (κ3) is 1.65. The standard InChI is InChI=1S/C15H9FN2O3/c16-8-2-3-9-10(5-8)18-13(14(9)20)12-11(19)4-1-7-6-17-21-15(7)12/h1-7,15,18H/b13-12+. The van der Waals surface area contributed by atoms with Crippen LogP contribution < -0.4 is 5.32 Å². The molecule has 6 heteroatoms. The highest BCUT2D eigenvalue weighted by Crippen LogP contribution is 2.35. The third-order valence-electron chi connectivity index (χ3n) is 3.76. The number of carbonyl (C=O) groups excluding carboxylic acids is 2. The molecule has 0 aromatic heterocycles. The molecule has 104 valence electrons. The van der Waals surface area contributed by atoms with Crippen LogP contribution in [0.5, 0.6) is 0 Å². The summed E-state index contributed by atoms with van der Waals surface area (Å²) in [4.78, 5) is 29.8. The van der Waals surface area contributed by atoms with Gasteiger partial charge in [0.15, 0.2) is 11.9 Å². The van der Waals surface area contributed by atoms with Gasteiger partial charge in [-0.15, -0.1) is 0 Å². The SMILES string of the molecule is O=C1C=CC2C=NOC2/C1=C1/Nc2cc(F)ccc2C1=O. The number of rotatable bonds is 0. The number of nitrogens with zero attached hydrogens (tertiary/aromatic N) is 1. The number of ketones is 2. The zero-order chi connectivity index (χ0) is 14.6. The fourth-order valence-corrected chi connectivity index (χ4v) is 2.74. The Labute approximate surface area is 118 Å². The molecule has 1 aromatic rings. The fourth-order valence-electron chi connectivity index (χ4n) is 2.74. The molecule has 0 fully saturated rings. The number of benzene rings is 1. The van der Waals surface area contributed by atoms with Crippen molar-refractivity contribution in [3.63, 3.8) is 0 Å². The van der Waals surface area contributed by atoms with Gasteiger partial charge >= 0.3 is 0 Å². The maximum absolute atomic E-state index is 13.3. The molecule has 3 aliphatic rings. The highest BCUT2D eigenvalue weighted by molar-refractivity contribution is 6.23. The molecule has 2 aliphatic heterocycles. The molecule has 1 aliphatic carbocycles. The van der Waals surface area contributed by atoms with Gasteiger partial charge in [0.1, 0.15) is 5.82 Å². The molecule has 2 atom stereocenters. The van der Waals surface area contributed by atoms with Crippen molar-refractivity contribution in [2.24, 2.45) is 11.1 Å². The lowest BCUT2D eigenvalue weighted by atomic mass is 9.86. The van der Waals surface area contributed by atoms with Crippen molar-refractivity contribution in [3.8, 4) is 0 Å².